The van der Waals surface area contributed by atoms with E-state index in [0.29, 0.717) is 40.6 Å². The Balaban J connectivity index is 0.00000186. The fourth-order valence-corrected chi connectivity index (χ4v) is 4.31. The molecule has 192 valence electrons. The highest BCUT2D eigenvalue weighted by Crippen LogP contribution is 2.49. The van der Waals surface area contributed by atoms with Crippen LogP contribution in [0.1, 0.15) is 47.6 Å². The van der Waals surface area contributed by atoms with Crippen molar-refractivity contribution in [2.75, 3.05) is 24.0 Å². The van der Waals surface area contributed by atoms with Crippen LogP contribution in [0.15, 0.2) is 66.0 Å². The number of rotatable bonds is 7. The third kappa shape index (κ3) is 6.05. The van der Waals surface area contributed by atoms with Gasteiger partial charge in [-0.15, -0.1) is 0 Å². The minimum Gasteiger partial charge on any atom is -0.496 e. The Kier molecular flexibility index (Phi) is 9.92. The zero-order valence-corrected chi connectivity index (χ0v) is 23.8. The third-order valence-electron chi connectivity index (χ3n) is 5.95. The van der Waals surface area contributed by atoms with Gasteiger partial charge in [0, 0.05) is 17.5 Å². The number of ether oxygens (including phenoxy) is 3. The van der Waals surface area contributed by atoms with Crippen LogP contribution in [0.3, 0.4) is 0 Å². The maximum absolute atomic E-state index is 13.6. The first-order valence-electron chi connectivity index (χ1n) is 11.7. The highest BCUT2D eigenvalue weighted by molar-refractivity contribution is 14.1. The number of methoxy groups -OCH3 is 1. The Morgan fingerprint density at radius 1 is 1.16 bits per heavy atom. The molecule has 7 nitrogen and oxygen atoms in total. The van der Waals surface area contributed by atoms with Crippen molar-refractivity contribution in [3.8, 4) is 17.7 Å². The van der Waals surface area contributed by atoms with Gasteiger partial charge in [-0.3, -0.25) is 0 Å². The number of nitriles is 1. The lowest BCUT2D eigenvalue weighted by atomic mass is 9.79. The maximum atomic E-state index is 13.6. The van der Waals surface area contributed by atoms with Crippen molar-refractivity contribution in [2.24, 2.45) is 0 Å². The first kappa shape index (κ1) is 28.0. The van der Waals surface area contributed by atoms with E-state index >= 15 is 0 Å². The number of carbonyl (C=O) groups is 1. The number of pyridine rings is 1. The second-order valence-electron chi connectivity index (χ2n) is 8.20. The van der Waals surface area contributed by atoms with Crippen LogP contribution in [0.4, 0.5) is 5.69 Å². The van der Waals surface area contributed by atoms with Gasteiger partial charge >= 0.3 is 5.97 Å². The van der Waals surface area contributed by atoms with E-state index in [0.717, 1.165) is 22.4 Å². The number of benzene rings is 2. The summed E-state index contributed by atoms with van der Waals surface area (Å²) in [6.45, 7) is 6.25. The minimum absolute atomic E-state index is 0.144. The molecule has 1 N–H and O–H groups in total. The first-order chi connectivity index (χ1) is 18.0. The molecule has 1 aliphatic heterocycles. The molecule has 1 unspecified atom stereocenters. The number of anilines is 1. The summed E-state index contributed by atoms with van der Waals surface area (Å²) in [4.78, 5) is 20.1. The molecule has 0 fully saturated rings. The number of esters is 1. The van der Waals surface area contributed by atoms with Crippen molar-refractivity contribution >= 4 is 34.2 Å². The number of carbonyl (C=O) groups excluding carboxylic acids is 1. The molecule has 0 bridgehead atoms. The van der Waals surface area contributed by atoms with Gasteiger partial charge in [-0.05, 0) is 49.0 Å². The Labute approximate surface area is 231 Å². The van der Waals surface area contributed by atoms with Gasteiger partial charge in [-0.1, -0.05) is 59.0 Å². The molecule has 0 aliphatic carbocycles. The summed E-state index contributed by atoms with van der Waals surface area (Å²) >= 11 is 2.15. The standard InChI is InChI=1S/C28H27N3O4.CH3I/c1-5-34-27-25-24(21-12-11-20(14-29)13-22(21)33-4)23(18(3)31-26(25)17(2)15-30-27)28(32)35-16-19-9-7-6-8-10-19;1-2/h6-13,15,24,31H,5,16H2,1-4H3;1H3. The number of hydrogen-bond donors (Lipinski definition) is 1. The molecule has 0 spiro atoms. The topological polar surface area (TPSA) is 93.5 Å². The molecule has 1 atom stereocenters. The number of aromatic nitrogens is 1. The van der Waals surface area contributed by atoms with Gasteiger partial charge in [0.2, 0.25) is 5.88 Å². The average Bonchev–Trinajstić information content (AvgIpc) is 2.94. The molecule has 8 heteroatoms. The zero-order chi connectivity index (χ0) is 26.9. The molecule has 4 rings (SSSR count). The van der Waals surface area contributed by atoms with Crippen LogP contribution in [0.5, 0.6) is 11.6 Å². The van der Waals surface area contributed by atoms with E-state index in [-0.39, 0.29) is 6.61 Å². The van der Waals surface area contributed by atoms with Crippen LogP contribution < -0.4 is 14.8 Å². The lowest BCUT2D eigenvalue weighted by molar-refractivity contribution is -0.140. The number of alkyl halides is 1. The van der Waals surface area contributed by atoms with Crippen LogP contribution in [0.2, 0.25) is 0 Å². The summed E-state index contributed by atoms with van der Waals surface area (Å²) in [6, 6.07) is 16.9. The fraction of sp³-hybridized carbons (Fsp3) is 0.276. The Hall–Kier alpha value is -3.58. The molecule has 1 aromatic heterocycles. The van der Waals surface area contributed by atoms with Crippen LogP contribution in [0, 0.1) is 18.3 Å². The number of allylic oxidation sites excluding steroid dienone is 1. The van der Waals surface area contributed by atoms with Crippen molar-refractivity contribution in [3.05, 3.63) is 93.8 Å². The van der Waals surface area contributed by atoms with Gasteiger partial charge in [-0.25, -0.2) is 9.78 Å². The monoisotopic (exact) mass is 611 g/mol. The number of aryl methyl sites for hydroxylation is 1. The molecule has 37 heavy (non-hydrogen) atoms. The van der Waals surface area contributed by atoms with E-state index in [9.17, 15) is 10.1 Å². The average molecular weight is 611 g/mol. The predicted molar refractivity (Wildman–Crippen MR) is 152 cm³/mol. The molecule has 0 amide bonds. The molecule has 0 saturated heterocycles. The Bertz CT molecular complexity index is 1330. The van der Waals surface area contributed by atoms with Crippen LogP contribution in [-0.4, -0.2) is 29.6 Å². The van der Waals surface area contributed by atoms with E-state index in [1.165, 1.54) is 0 Å². The Morgan fingerprint density at radius 3 is 2.54 bits per heavy atom. The van der Waals surface area contributed by atoms with Gasteiger partial charge in [-0.2, -0.15) is 5.26 Å². The first-order valence-corrected chi connectivity index (χ1v) is 13.9. The lowest BCUT2D eigenvalue weighted by Gasteiger charge is -2.32. The van der Waals surface area contributed by atoms with E-state index in [1.54, 1.807) is 25.4 Å². The Morgan fingerprint density at radius 2 is 1.89 bits per heavy atom. The van der Waals surface area contributed by atoms with Crippen molar-refractivity contribution in [1.29, 1.82) is 5.26 Å². The van der Waals surface area contributed by atoms with E-state index < -0.39 is 11.9 Å². The van der Waals surface area contributed by atoms with Gasteiger partial charge < -0.3 is 19.5 Å². The normalized spacial score (nSPS) is 13.8. The van der Waals surface area contributed by atoms with E-state index in [2.05, 4.69) is 39.0 Å². The number of nitrogens with zero attached hydrogens (tertiary/aromatic N) is 2. The second-order valence-corrected chi connectivity index (χ2v) is 8.20. The van der Waals surface area contributed by atoms with Gasteiger partial charge in [0.05, 0.1) is 48.1 Å². The van der Waals surface area contributed by atoms with Gasteiger partial charge in [0.15, 0.2) is 0 Å². The van der Waals surface area contributed by atoms with Crippen molar-refractivity contribution in [1.82, 2.24) is 4.98 Å². The fourth-order valence-electron chi connectivity index (χ4n) is 4.31. The van der Waals surface area contributed by atoms with Crippen LogP contribution >= 0.6 is 22.6 Å². The van der Waals surface area contributed by atoms with Gasteiger partial charge in [0.25, 0.3) is 0 Å². The predicted octanol–water partition coefficient (Wildman–Crippen LogP) is 6.30. The molecular formula is C29H30IN3O4. The highest BCUT2D eigenvalue weighted by Gasteiger charge is 2.38. The number of halogens is 1. The van der Waals surface area contributed by atoms with Crippen LogP contribution in [-0.2, 0) is 16.1 Å². The summed E-state index contributed by atoms with van der Waals surface area (Å²) in [5, 5.41) is 12.8. The molecule has 3 aromatic rings. The summed E-state index contributed by atoms with van der Waals surface area (Å²) in [5.74, 6) is -0.110. The second kappa shape index (κ2) is 13.1. The van der Waals surface area contributed by atoms with Crippen molar-refractivity contribution in [3.63, 3.8) is 0 Å². The molecular weight excluding hydrogens is 581 g/mol. The SMILES string of the molecule is CCOc1ncc(C)c2c1C(c1ccc(C#N)cc1OC)C(C(=O)OCc1ccccc1)=C(C)N2.CI. The smallest absolute Gasteiger partial charge is 0.337 e. The minimum atomic E-state index is -0.578. The quantitative estimate of drug-likeness (QED) is 0.191. The lowest BCUT2D eigenvalue weighted by Crippen LogP contribution is -2.26. The number of fused-ring (bicyclic) bond motifs is 1. The molecule has 2 aromatic carbocycles. The maximum Gasteiger partial charge on any atom is 0.337 e. The van der Waals surface area contributed by atoms with E-state index in [4.69, 9.17) is 14.2 Å². The molecule has 0 saturated carbocycles. The largest absolute Gasteiger partial charge is 0.496 e. The van der Waals surface area contributed by atoms with Crippen molar-refractivity contribution in [2.45, 2.75) is 33.3 Å². The summed E-state index contributed by atoms with van der Waals surface area (Å²) < 4.78 is 17.3. The highest BCUT2D eigenvalue weighted by atomic mass is 127. The van der Waals surface area contributed by atoms with Crippen molar-refractivity contribution < 1.29 is 19.0 Å². The summed E-state index contributed by atoms with van der Waals surface area (Å²) in [7, 11) is 1.55. The molecule has 2 heterocycles. The van der Waals surface area contributed by atoms with Crippen LogP contribution in [0.25, 0.3) is 0 Å². The number of hydrogen-bond acceptors (Lipinski definition) is 7. The number of nitrogens with one attached hydrogen (secondary N) is 1. The summed E-state index contributed by atoms with van der Waals surface area (Å²) in [6.07, 6.45) is 1.75. The van der Waals surface area contributed by atoms with Gasteiger partial charge in [0.1, 0.15) is 12.4 Å². The molecule has 0 radical (unpaired) electrons. The molecule has 1 aliphatic rings. The zero-order valence-electron chi connectivity index (χ0n) is 21.6. The van der Waals surface area contributed by atoms with E-state index in [1.807, 2.05) is 62.1 Å². The third-order valence-corrected chi connectivity index (χ3v) is 5.95. The summed E-state index contributed by atoms with van der Waals surface area (Å²) in [5.41, 5.74) is 5.65.